The van der Waals surface area contributed by atoms with Crippen molar-refractivity contribution in [3.8, 4) is 11.5 Å². The summed E-state index contributed by atoms with van der Waals surface area (Å²) in [5, 5.41) is 0. The van der Waals surface area contributed by atoms with Gasteiger partial charge in [0.15, 0.2) is 6.61 Å². The molecule has 8 heteroatoms. The molecule has 0 bridgehead atoms. The average molecular weight is 441 g/mol. The highest BCUT2D eigenvalue weighted by Gasteiger charge is 2.17. The maximum Gasteiger partial charge on any atom is 0.264 e. The molecule has 0 saturated heterocycles. The number of para-hydroxylation sites is 1. The van der Waals surface area contributed by atoms with Gasteiger partial charge in [0.25, 0.3) is 15.9 Å². The zero-order valence-electron chi connectivity index (χ0n) is 17.5. The molecule has 1 amide bonds. The molecule has 0 radical (unpaired) electrons. The lowest BCUT2D eigenvalue weighted by Crippen LogP contribution is -2.31. The SMILES string of the molecule is COc1ccc(N(C)C(=O)COc2ccc(S(=O)(=O)Nc3ccccc3)cc2C)cc1. The van der Waals surface area contributed by atoms with E-state index in [2.05, 4.69) is 4.72 Å². The number of benzene rings is 3. The van der Waals surface area contributed by atoms with Crippen molar-refractivity contribution in [2.75, 3.05) is 30.4 Å². The highest BCUT2D eigenvalue weighted by atomic mass is 32.2. The molecule has 0 spiro atoms. The number of rotatable bonds is 8. The topological polar surface area (TPSA) is 84.9 Å². The van der Waals surface area contributed by atoms with Crippen LogP contribution in [0.4, 0.5) is 11.4 Å². The van der Waals surface area contributed by atoms with Crippen molar-refractivity contribution in [3.05, 3.63) is 78.4 Å². The van der Waals surface area contributed by atoms with E-state index in [4.69, 9.17) is 9.47 Å². The van der Waals surface area contributed by atoms with Gasteiger partial charge in [0.05, 0.1) is 12.0 Å². The summed E-state index contributed by atoms with van der Waals surface area (Å²) in [7, 11) is -0.494. The molecular weight excluding hydrogens is 416 g/mol. The Bertz CT molecular complexity index is 1150. The number of likely N-dealkylation sites (N-methyl/N-ethyl adjacent to an activating group) is 1. The molecule has 0 aromatic heterocycles. The third-order valence-electron chi connectivity index (χ3n) is 4.67. The summed E-state index contributed by atoms with van der Waals surface area (Å²) in [6, 6.07) is 20.3. The monoisotopic (exact) mass is 440 g/mol. The zero-order valence-corrected chi connectivity index (χ0v) is 18.3. The van der Waals surface area contributed by atoms with E-state index in [1.165, 1.54) is 17.0 Å². The van der Waals surface area contributed by atoms with E-state index in [1.54, 1.807) is 81.7 Å². The Morgan fingerprint density at radius 2 is 1.68 bits per heavy atom. The predicted octanol–water partition coefficient (Wildman–Crippen LogP) is 3.85. The Morgan fingerprint density at radius 3 is 2.29 bits per heavy atom. The van der Waals surface area contributed by atoms with E-state index in [0.29, 0.717) is 28.4 Å². The van der Waals surface area contributed by atoms with Crippen LogP contribution in [0.3, 0.4) is 0 Å². The fraction of sp³-hybridized carbons (Fsp3) is 0.174. The van der Waals surface area contributed by atoms with Crippen molar-refractivity contribution >= 4 is 27.3 Å². The van der Waals surface area contributed by atoms with Gasteiger partial charge in [-0.05, 0) is 67.1 Å². The van der Waals surface area contributed by atoms with Gasteiger partial charge < -0.3 is 14.4 Å². The molecule has 3 aromatic rings. The number of hydrogen-bond donors (Lipinski definition) is 1. The highest BCUT2D eigenvalue weighted by molar-refractivity contribution is 7.92. The first-order chi connectivity index (χ1) is 14.8. The minimum absolute atomic E-state index is 0.114. The molecule has 0 aliphatic heterocycles. The molecule has 3 aromatic carbocycles. The van der Waals surface area contributed by atoms with Crippen LogP contribution in [-0.4, -0.2) is 35.1 Å². The summed E-state index contributed by atoms with van der Waals surface area (Å²) in [6.07, 6.45) is 0. The number of aryl methyl sites for hydroxylation is 1. The minimum Gasteiger partial charge on any atom is -0.497 e. The van der Waals surface area contributed by atoms with Crippen LogP contribution >= 0.6 is 0 Å². The Balaban J connectivity index is 1.65. The molecule has 0 unspecified atom stereocenters. The van der Waals surface area contributed by atoms with Gasteiger partial charge in [0.1, 0.15) is 11.5 Å². The Kier molecular flexibility index (Phi) is 6.81. The van der Waals surface area contributed by atoms with Crippen LogP contribution < -0.4 is 19.1 Å². The second-order valence-corrected chi connectivity index (χ2v) is 8.52. The van der Waals surface area contributed by atoms with Gasteiger partial charge in [-0.1, -0.05) is 18.2 Å². The predicted molar refractivity (Wildman–Crippen MR) is 120 cm³/mol. The molecule has 0 heterocycles. The lowest BCUT2D eigenvalue weighted by Gasteiger charge is -2.18. The fourth-order valence-electron chi connectivity index (χ4n) is 2.86. The Morgan fingerprint density at radius 1 is 1.00 bits per heavy atom. The third kappa shape index (κ3) is 5.55. The molecule has 0 atom stereocenters. The lowest BCUT2D eigenvalue weighted by atomic mass is 10.2. The molecular formula is C23H24N2O5S. The molecule has 0 aliphatic carbocycles. The number of nitrogens with zero attached hydrogens (tertiary/aromatic N) is 1. The molecule has 7 nitrogen and oxygen atoms in total. The number of methoxy groups -OCH3 is 1. The zero-order chi connectivity index (χ0) is 22.4. The van der Waals surface area contributed by atoms with E-state index >= 15 is 0 Å². The summed E-state index contributed by atoms with van der Waals surface area (Å²) in [5.41, 5.74) is 1.79. The van der Waals surface area contributed by atoms with Gasteiger partial charge in [-0.15, -0.1) is 0 Å². The van der Waals surface area contributed by atoms with Gasteiger partial charge in [0.2, 0.25) is 0 Å². The molecule has 0 fully saturated rings. The maximum absolute atomic E-state index is 12.6. The van der Waals surface area contributed by atoms with Crippen molar-refractivity contribution in [2.45, 2.75) is 11.8 Å². The molecule has 0 aliphatic rings. The van der Waals surface area contributed by atoms with Gasteiger partial charge in [-0.2, -0.15) is 0 Å². The normalized spacial score (nSPS) is 10.9. The number of sulfonamides is 1. The summed E-state index contributed by atoms with van der Waals surface area (Å²) in [6.45, 7) is 1.55. The van der Waals surface area contributed by atoms with E-state index in [1.807, 2.05) is 0 Å². The molecule has 0 saturated carbocycles. The number of carbonyl (C=O) groups is 1. The first kappa shape index (κ1) is 22.2. The van der Waals surface area contributed by atoms with E-state index in [9.17, 15) is 13.2 Å². The smallest absolute Gasteiger partial charge is 0.264 e. The van der Waals surface area contributed by atoms with E-state index in [-0.39, 0.29) is 17.4 Å². The summed E-state index contributed by atoms with van der Waals surface area (Å²) < 4.78 is 38.5. The van der Waals surface area contributed by atoms with Crippen LogP contribution in [0.1, 0.15) is 5.56 Å². The quantitative estimate of drug-likeness (QED) is 0.575. The van der Waals surface area contributed by atoms with Crippen molar-refractivity contribution in [3.63, 3.8) is 0 Å². The van der Waals surface area contributed by atoms with E-state index < -0.39 is 10.0 Å². The van der Waals surface area contributed by atoms with Gasteiger partial charge >= 0.3 is 0 Å². The van der Waals surface area contributed by atoms with Crippen molar-refractivity contribution in [1.82, 2.24) is 0 Å². The number of ether oxygens (including phenoxy) is 2. The number of amides is 1. The summed E-state index contributed by atoms with van der Waals surface area (Å²) in [5.74, 6) is 0.899. The number of nitrogens with one attached hydrogen (secondary N) is 1. The van der Waals surface area contributed by atoms with Crippen molar-refractivity contribution in [1.29, 1.82) is 0 Å². The fourth-order valence-corrected chi connectivity index (χ4v) is 4.00. The van der Waals surface area contributed by atoms with Crippen molar-refractivity contribution < 1.29 is 22.7 Å². The molecule has 3 rings (SSSR count). The lowest BCUT2D eigenvalue weighted by molar-refractivity contribution is -0.120. The largest absolute Gasteiger partial charge is 0.497 e. The van der Waals surface area contributed by atoms with Crippen LogP contribution in [-0.2, 0) is 14.8 Å². The van der Waals surface area contributed by atoms with Gasteiger partial charge in [0, 0.05) is 18.4 Å². The number of anilines is 2. The second-order valence-electron chi connectivity index (χ2n) is 6.84. The van der Waals surface area contributed by atoms with Crippen LogP contribution in [0.2, 0.25) is 0 Å². The summed E-state index contributed by atoms with van der Waals surface area (Å²) >= 11 is 0. The van der Waals surface area contributed by atoms with Crippen LogP contribution in [0.25, 0.3) is 0 Å². The highest BCUT2D eigenvalue weighted by Crippen LogP contribution is 2.24. The van der Waals surface area contributed by atoms with Gasteiger partial charge in [-0.25, -0.2) is 8.42 Å². The minimum atomic E-state index is -3.73. The van der Waals surface area contributed by atoms with E-state index in [0.717, 1.165) is 0 Å². The Labute approximate surface area is 182 Å². The molecule has 1 N–H and O–H groups in total. The molecule has 31 heavy (non-hydrogen) atoms. The molecule has 162 valence electrons. The first-order valence-electron chi connectivity index (χ1n) is 9.52. The second kappa shape index (κ2) is 9.53. The standard InChI is InChI=1S/C23H24N2O5S/c1-17-15-21(31(27,28)24-18-7-5-4-6-8-18)13-14-22(17)30-16-23(26)25(2)19-9-11-20(29-3)12-10-19/h4-15,24H,16H2,1-3H3. The third-order valence-corrected chi connectivity index (χ3v) is 6.05. The first-order valence-corrected chi connectivity index (χ1v) is 11.0. The Hall–Kier alpha value is -3.52. The number of carbonyl (C=O) groups excluding carboxylic acids is 1. The van der Waals surface area contributed by atoms with Crippen LogP contribution in [0, 0.1) is 6.92 Å². The number of hydrogen-bond acceptors (Lipinski definition) is 5. The van der Waals surface area contributed by atoms with Crippen LogP contribution in [0.15, 0.2) is 77.7 Å². The summed E-state index contributed by atoms with van der Waals surface area (Å²) in [4.78, 5) is 14.1. The van der Waals surface area contributed by atoms with Crippen molar-refractivity contribution in [2.24, 2.45) is 0 Å². The van der Waals surface area contributed by atoms with Crippen LogP contribution in [0.5, 0.6) is 11.5 Å². The average Bonchev–Trinajstić information content (AvgIpc) is 2.78. The van der Waals surface area contributed by atoms with Gasteiger partial charge in [-0.3, -0.25) is 9.52 Å². The maximum atomic E-state index is 12.6.